The number of non-ortho nitro benzene ring substituents is 1. The number of nitro groups is 1. The molecule has 0 spiro atoms. The summed E-state index contributed by atoms with van der Waals surface area (Å²) >= 11 is 0. The number of hydrogen-bond acceptors (Lipinski definition) is 5. The Labute approximate surface area is 155 Å². The van der Waals surface area contributed by atoms with Crippen molar-refractivity contribution in [2.75, 3.05) is 18.0 Å². The van der Waals surface area contributed by atoms with Crippen molar-refractivity contribution in [3.63, 3.8) is 0 Å². The van der Waals surface area contributed by atoms with Crippen LogP contribution in [0.25, 0.3) is 0 Å². The van der Waals surface area contributed by atoms with Crippen LogP contribution in [0.3, 0.4) is 0 Å². The van der Waals surface area contributed by atoms with Crippen LogP contribution in [0.2, 0.25) is 0 Å². The molecule has 1 aromatic heterocycles. The molecule has 1 N–H and O–H groups in total. The van der Waals surface area contributed by atoms with Gasteiger partial charge in [-0.25, -0.2) is 9.69 Å². The van der Waals surface area contributed by atoms with Crippen LogP contribution in [0.1, 0.15) is 5.56 Å². The van der Waals surface area contributed by atoms with Gasteiger partial charge in [0.2, 0.25) is 0 Å². The number of pyridine rings is 1. The summed E-state index contributed by atoms with van der Waals surface area (Å²) in [6.07, 6.45) is 7.36. The fourth-order valence-electron chi connectivity index (χ4n) is 3.23. The number of nitrogens with zero attached hydrogens (tertiary/aromatic N) is 4. The fraction of sp³-hybridized carbons (Fsp3) is 0.158. The Morgan fingerprint density at radius 2 is 2.04 bits per heavy atom. The van der Waals surface area contributed by atoms with Crippen molar-refractivity contribution in [2.45, 2.75) is 6.54 Å². The molecular weight excluding hydrogens is 346 g/mol. The summed E-state index contributed by atoms with van der Waals surface area (Å²) in [7, 11) is 0. The van der Waals surface area contributed by atoms with Crippen molar-refractivity contribution < 1.29 is 9.72 Å². The number of rotatable bonds is 4. The van der Waals surface area contributed by atoms with Gasteiger partial charge in [0.05, 0.1) is 17.2 Å². The number of benzene rings is 1. The van der Waals surface area contributed by atoms with Gasteiger partial charge in [-0.3, -0.25) is 15.1 Å². The highest BCUT2D eigenvalue weighted by molar-refractivity contribution is 5.97. The molecule has 2 aromatic rings. The number of anilines is 1. The quantitative estimate of drug-likeness (QED) is 0.666. The van der Waals surface area contributed by atoms with Gasteiger partial charge < -0.3 is 10.2 Å². The minimum Gasteiger partial charge on any atom is -0.367 e. The second-order valence-corrected chi connectivity index (χ2v) is 6.26. The first-order valence-electron chi connectivity index (χ1n) is 8.49. The number of nitrogens with one attached hydrogen (secondary N) is 1. The summed E-state index contributed by atoms with van der Waals surface area (Å²) in [5.41, 5.74) is 2.33. The van der Waals surface area contributed by atoms with Crippen LogP contribution in [0.5, 0.6) is 0 Å². The maximum Gasteiger partial charge on any atom is 0.330 e. The lowest BCUT2D eigenvalue weighted by Gasteiger charge is -2.39. The van der Waals surface area contributed by atoms with Crippen molar-refractivity contribution in [3.05, 3.63) is 88.0 Å². The third-order valence-electron chi connectivity index (χ3n) is 4.48. The van der Waals surface area contributed by atoms with E-state index in [-0.39, 0.29) is 11.7 Å². The first kappa shape index (κ1) is 16.8. The van der Waals surface area contributed by atoms with Crippen molar-refractivity contribution in [1.29, 1.82) is 0 Å². The summed E-state index contributed by atoms with van der Waals surface area (Å²) in [5, 5.41) is 14.4. The number of carbonyl (C=O) groups excluding carboxylic acids is 1. The number of dihydropyridines is 1. The molecule has 2 aliphatic rings. The van der Waals surface area contributed by atoms with E-state index >= 15 is 0 Å². The maximum atomic E-state index is 13.2. The normalized spacial score (nSPS) is 16.2. The van der Waals surface area contributed by atoms with Crippen LogP contribution in [-0.2, 0) is 6.54 Å². The molecule has 27 heavy (non-hydrogen) atoms. The molecule has 0 fully saturated rings. The second kappa shape index (κ2) is 6.91. The third kappa shape index (κ3) is 3.24. The largest absolute Gasteiger partial charge is 0.367 e. The van der Waals surface area contributed by atoms with Crippen LogP contribution < -0.4 is 10.2 Å². The highest BCUT2D eigenvalue weighted by Crippen LogP contribution is 2.31. The molecule has 0 unspecified atom stereocenters. The molecule has 4 rings (SSSR count). The number of carbonyl (C=O) groups is 1. The van der Waals surface area contributed by atoms with Crippen LogP contribution in [0.15, 0.2) is 72.3 Å². The maximum absolute atomic E-state index is 13.2. The highest BCUT2D eigenvalue weighted by atomic mass is 16.6. The van der Waals surface area contributed by atoms with Crippen LogP contribution in [0.4, 0.5) is 16.2 Å². The number of aromatic nitrogens is 1. The molecule has 0 atom stereocenters. The molecule has 1 aromatic carbocycles. The van der Waals surface area contributed by atoms with E-state index in [9.17, 15) is 14.9 Å². The number of amides is 2. The standard InChI is InChI=1S/C19H17N5O3/c25-19-22(12-14-6-9-20-10-7-14)13-15-3-2-8-21-18(15)23(19)16-4-1-5-17(11-16)24(26)27/h1-7,9-11,21H,8,12-13H2. The van der Waals surface area contributed by atoms with E-state index in [4.69, 9.17) is 0 Å². The molecule has 3 heterocycles. The summed E-state index contributed by atoms with van der Waals surface area (Å²) in [5.74, 6) is 0.675. The van der Waals surface area contributed by atoms with Gasteiger partial charge in [0.1, 0.15) is 5.82 Å². The number of nitro benzene ring substituents is 1. The molecule has 8 nitrogen and oxygen atoms in total. The summed E-state index contributed by atoms with van der Waals surface area (Å²) in [4.78, 5) is 31.2. The highest BCUT2D eigenvalue weighted by Gasteiger charge is 2.34. The van der Waals surface area contributed by atoms with Gasteiger partial charge in [0.25, 0.3) is 5.69 Å². The zero-order chi connectivity index (χ0) is 18.8. The predicted molar refractivity (Wildman–Crippen MR) is 99.8 cm³/mol. The molecule has 0 saturated heterocycles. The molecule has 2 aliphatic heterocycles. The van der Waals surface area contributed by atoms with Gasteiger partial charge in [0, 0.05) is 43.2 Å². The van der Waals surface area contributed by atoms with Gasteiger partial charge in [-0.2, -0.15) is 0 Å². The van der Waals surface area contributed by atoms with E-state index in [1.54, 1.807) is 29.4 Å². The monoisotopic (exact) mass is 363 g/mol. The van der Waals surface area contributed by atoms with Gasteiger partial charge in [-0.1, -0.05) is 18.2 Å². The Morgan fingerprint density at radius 1 is 1.22 bits per heavy atom. The third-order valence-corrected chi connectivity index (χ3v) is 4.48. The van der Waals surface area contributed by atoms with Crippen molar-refractivity contribution in [1.82, 2.24) is 15.2 Å². The molecule has 0 bridgehead atoms. The molecule has 136 valence electrons. The molecule has 2 amide bonds. The smallest absolute Gasteiger partial charge is 0.330 e. The van der Waals surface area contributed by atoms with Crippen LogP contribution in [0, 0.1) is 10.1 Å². The number of urea groups is 1. The van der Waals surface area contributed by atoms with E-state index in [1.807, 2.05) is 24.3 Å². The average molecular weight is 363 g/mol. The predicted octanol–water partition coefficient (Wildman–Crippen LogP) is 2.80. The summed E-state index contributed by atoms with van der Waals surface area (Å²) in [6, 6.07) is 9.61. The Kier molecular flexibility index (Phi) is 4.29. The van der Waals surface area contributed by atoms with Crippen LogP contribution in [-0.4, -0.2) is 33.9 Å². The van der Waals surface area contributed by atoms with Gasteiger partial charge >= 0.3 is 6.03 Å². The zero-order valence-electron chi connectivity index (χ0n) is 14.4. The topological polar surface area (TPSA) is 91.6 Å². The Balaban J connectivity index is 1.73. The van der Waals surface area contributed by atoms with Gasteiger partial charge in [0.15, 0.2) is 0 Å². The fourth-order valence-corrected chi connectivity index (χ4v) is 3.23. The molecule has 8 heteroatoms. The molecular formula is C19H17N5O3. The van der Waals surface area contributed by atoms with E-state index in [0.717, 1.165) is 11.1 Å². The SMILES string of the molecule is O=C1N(Cc2ccncc2)CC2=C(NCC=C2)N1c1cccc([N+](=O)[O-])c1. The minimum atomic E-state index is -0.462. The lowest BCUT2D eigenvalue weighted by atomic mass is 10.1. The van der Waals surface area contributed by atoms with E-state index in [0.29, 0.717) is 31.1 Å². The Morgan fingerprint density at radius 3 is 2.81 bits per heavy atom. The van der Waals surface area contributed by atoms with E-state index in [2.05, 4.69) is 10.3 Å². The van der Waals surface area contributed by atoms with Crippen molar-refractivity contribution in [3.8, 4) is 0 Å². The van der Waals surface area contributed by atoms with E-state index in [1.165, 1.54) is 17.0 Å². The first-order valence-corrected chi connectivity index (χ1v) is 8.49. The first-order chi connectivity index (χ1) is 13.1. The van der Waals surface area contributed by atoms with Gasteiger partial charge in [-0.15, -0.1) is 0 Å². The summed E-state index contributed by atoms with van der Waals surface area (Å²) < 4.78 is 0. The summed E-state index contributed by atoms with van der Waals surface area (Å²) in [6.45, 7) is 1.49. The second-order valence-electron chi connectivity index (χ2n) is 6.26. The van der Waals surface area contributed by atoms with E-state index < -0.39 is 4.92 Å². The van der Waals surface area contributed by atoms with Crippen molar-refractivity contribution in [2.24, 2.45) is 0 Å². The lowest BCUT2D eigenvalue weighted by molar-refractivity contribution is -0.384. The Bertz CT molecular complexity index is 955. The molecule has 0 radical (unpaired) electrons. The van der Waals surface area contributed by atoms with Gasteiger partial charge in [-0.05, 0) is 23.8 Å². The lowest BCUT2D eigenvalue weighted by Crippen LogP contribution is -2.51. The molecule has 0 aliphatic carbocycles. The minimum absolute atomic E-state index is 0.0555. The van der Waals surface area contributed by atoms with Crippen molar-refractivity contribution >= 4 is 17.4 Å². The van der Waals surface area contributed by atoms with Crippen LogP contribution >= 0.6 is 0 Å². The Hall–Kier alpha value is -3.68. The number of hydrogen-bond donors (Lipinski definition) is 1. The molecule has 0 saturated carbocycles. The zero-order valence-corrected chi connectivity index (χ0v) is 14.4. The average Bonchev–Trinajstić information content (AvgIpc) is 2.69.